The van der Waals surface area contributed by atoms with Crippen LogP contribution in [-0.4, -0.2) is 23.0 Å². The minimum absolute atomic E-state index is 0.309. The summed E-state index contributed by atoms with van der Waals surface area (Å²) in [7, 11) is 4.28. The number of methoxy groups -OCH3 is 1. The molecule has 0 spiro atoms. The number of aromatic nitrogens is 2. The summed E-state index contributed by atoms with van der Waals surface area (Å²) in [5.74, 6) is -0.430. The van der Waals surface area contributed by atoms with Gasteiger partial charge in [-0.3, -0.25) is 0 Å². The van der Waals surface area contributed by atoms with E-state index in [0.29, 0.717) is 5.69 Å². The fourth-order valence-electron chi connectivity index (χ4n) is 1.16. The number of ether oxygens (including phenoxy) is 1. The second-order valence-electron chi connectivity index (χ2n) is 3.19. The van der Waals surface area contributed by atoms with Crippen molar-refractivity contribution in [2.24, 2.45) is 0 Å². The van der Waals surface area contributed by atoms with Crippen LogP contribution in [0.4, 0.5) is 0 Å². The third-order valence-electron chi connectivity index (χ3n) is 1.97. The number of esters is 1. The fourth-order valence-corrected chi connectivity index (χ4v) is 2.93. The highest BCUT2D eigenvalue weighted by molar-refractivity contribution is 8.76. The molecule has 0 saturated carbocycles. The van der Waals surface area contributed by atoms with Crippen molar-refractivity contribution >= 4 is 27.6 Å². The predicted molar refractivity (Wildman–Crippen MR) is 71.5 cm³/mol. The average Bonchev–Trinajstić information content (AvgIpc) is 2.45. The lowest BCUT2D eigenvalue weighted by Gasteiger charge is -2.02. The minimum Gasteiger partial charge on any atom is -0.464 e. The quantitative estimate of drug-likeness (QED) is 0.633. The molecule has 2 aromatic heterocycles. The molecule has 4 nitrogen and oxygen atoms in total. The molecule has 92 valence electrons. The van der Waals surface area contributed by atoms with Crippen molar-refractivity contribution in [3.63, 3.8) is 0 Å². The van der Waals surface area contributed by atoms with Gasteiger partial charge in [0.2, 0.25) is 0 Å². The molecule has 2 rings (SSSR count). The summed E-state index contributed by atoms with van der Waals surface area (Å²) < 4.78 is 4.62. The van der Waals surface area contributed by atoms with Gasteiger partial charge < -0.3 is 4.74 Å². The zero-order valence-electron chi connectivity index (χ0n) is 9.57. The number of hydrogen-bond acceptors (Lipinski definition) is 6. The summed E-state index contributed by atoms with van der Waals surface area (Å²) in [5.41, 5.74) is 0.309. The standard InChI is InChI=1S/C12H10N2O2S2/c1-16-12(15)9-5-4-7-11(14-9)18-17-10-6-2-3-8-13-10/h2-8H,1H3. The summed E-state index contributed by atoms with van der Waals surface area (Å²) in [5, 5.41) is 1.64. The van der Waals surface area contributed by atoms with E-state index >= 15 is 0 Å². The second kappa shape index (κ2) is 6.42. The molecule has 0 fully saturated rings. The first-order valence-electron chi connectivity index (χ1n) is 5.10. The summed E-state index contributed by atoms with van der Waals surface area (Å²) in [6.07, 6.45) is 1.74. The molecule has 0 bridgehead atoms. The highest BCUT2D eigenvalue weighted by Crippen LogP contribution is 2.34. The Bertz CT molecular complexity index is 535. The summed E-state index contributed by atoms with van der Waals surface area (Å²) in [4.78, 5) is 19.7. The van der Waals surface area contributed by atoms with Gasteiger partial charge in [0.05, 0.1) is 7.11 Å². The third-order valence-corrected chi connectivity index (χ3v) is 4.14. The molecule has 0 aromatic carbocycles. The van der Waals surface area contributed by atoms with E-state index in [0.717, 1.165) is 10.1 Å². The van der Waals surface area contributed by atoms with Crippen molar-refractivity contribution in [1.29, 1.82) is 0 Å². The van der Waals surface area contributed by atoms with E-state index in [2.05, 4.69) is 14.7 Å². The third kappa shape index (κ3) is 3.48. The van der Waals surface area contributed by atoms with Crippen molar-refractivity contribution in [2.45, 2.75) is 10.1 Å². The Labute approximate surface area is 113 Å². The molecule has 0 unspecified atom stereocenters. The number of hydrogen-bond donors (Lipinski definition) is 0. The van der Waals surface area contributed by atoms with Gasteiger partial charge in [0.25, 0.3) is 0 Å². The number of carbonyl (C=O) groups excluding carboxylic acids is 1. The van der Waals surface area contributed by atoms with E-state index in [4.69, 9.17) is 0 Å². The lowest BCUT2D eigenvalue weighted by atomic mass is 10.4. The van der Waals surface area contributed by atoms with Crippen LogP contribution in [0.15, 0.2) is 52.6 Å². The van der Waals surface area contributed by atoms with E-state index < -0.39 is 5.97 Å². The van der Waals surface area contributed by atoms with Gasteiger partial charge >= 0.3 is 5.97 Å². The normalized spacial score (nSPS) is 10.1. The summed E-state index contributed by atoms with van der Waals surface area (Å²) in [6.45, 7) is 0. The number of pyridine rings is 2. The number of carbonyl (C=O) groups is 1. The Morgan fingerprint density at radius 3 is 2.61 bits per heavy atom. The molecule has 0 amide bonds. The van der Waals surface area contributed by atoms with Crippen LogP contribution < -0.4 is 0 Å². The first-order valence-corrected chi connectivity index (χ1v) is 7.25. The zero-order valence-corrected chi connectivity index (χ0v) is 11.2. The van der Waals surface area contributed by atoms with Gasteiger partial charge in [-0.25, -0.2) is 14.8 Å². The Balaban J connectivity index is 2.04. The van der Waals surface area contributed by atoms with Crippen LogP contribution in [0.2, 0.25) is 0 Å². The van der Waals surface area contributed by atoms with E-state index in [-0.39, 0.29) is 0 Å². The predicted octanol–water partition coefficient (Wildman–Crippen LogP) is 3.06. The highest BCUT2D eigenvalue weighted by atomic mass is 33.1. The SMILES string of the molecule is COC(=O)c1cccc(SSc2ccccn2)n1. The van der Waals surface area contributed by atoms with Gasteiger partial charge in [-0.05, 0) is 45.9 Å². The van der Waals surface area contributed by atoms with Gasteiger partial charge in [0.15, 0.2) is 0 Å². The van der Waals surface area contributed by atoms with Gasteiger partial charge in [-0.2, -0.15) is 0 Å². The maximum absolute atomic E-state index is 11.3. The van der Waals surface area contributed by atoms with Crippen LogP contribution in [0.1, 0.15) is 10.5 Å². The van der Waals surface area contributed by atoms with Crippen LogP contribution in [0.5, 0.6) is 0 Å². The molecule has 0 aliphatic carbocycles. The zero-order chi connectivity index (χ0) is 12.8. The Morgan fingerprint density at radius 1 is 1.11 bits per heavy atom. The van der Waals surface area contributed by atoms with Gasteiger partial charge in [0, 0.05) is 6.20 Å². The first-order chi connectivity index (χ1) is 8.79. The molecule has 0 radical (unpaired) electrons. The molecule has 0 aliphatic rings. The largest absolute Gasteiger partial charge is 0.464 e. The van der Waals surface area contributed by atoms with Crippen LogP contribution in [0.3, 0.4) is 0 Å². The van der Waals surface area contributed by atoms with Gasteiger partial charge in [0.1, 0.15) is 15.7 Å². The van der Waals surface area contributed by atoms with Gasteiger partial charge in [-0.15, -0.1) is 0 Å². The first kappa shape index (κ1) is 12.9. The molecule has 2 aromatic rings. The Kier molecular flexibility index (Phi) is 4.60. The monoisotopic (exact) mass is 278 g/mol. The summed E-state index contributed by atoms with van der Waals surface area (Å²) in [6, 6.07) is 11.0. The number of rotatable bonds is 4. The van der Waals surface area contributed by atoms with Crippen LogP contribution >= 0.6 is 21.6 Å². The van der Waals surface area contributed by atoms with Crippen molar-refractivity contribution in [1.82, 2.24) is 9.97 Å². The van der Waals surface area contributed by atoms with Crippen molar-refractivity contribution in [2.75, 3.05) is 7.11 Å². The molecule has 2 heterocycles. The highest BCUT2D eigenvalue weighted by Gasteiger charge is 2.08. The molecule has 0 atom stereocenters. The van der Waals surface area contributed by atoms with Crippen molar-refractivity contribution < 1.29 is 9.53 Å². The summed E-state index contributed by atoms with van der Waals surface area (Å²) >= 11 is 0. The fraction of sp³-hybridized carbons (Fsp3) is 0.0833. The molecular weight excluding hydrogens is 268 g/mol. The van der Waals surface area contributed by atoms with E-state index in [1.165, 1.54) is 28.7 Å². The van der Waals surface area contributed by atoms with Gasteiger partial charge in [-0.1, -0.05) is 12.1 Å². The van der Waals surface area contributed by atoms with Crippen LogP contribution in [0.25, 0.3) is 0 Å². The lowest BCUT2D eigenvalue weighted by Crippen LogP contribution is -2.03. The molecule has 0 aliphatic heterocycles. The van der Waals surface area contributed by atoms with Crippen molar-refractivity contribution in [3.8, 4) is 0 Å². The maximum Gasteiger partial charge on any atom is 0.356 e. The molecule has 0 saturated heterocycles. The Morgan fingerprint density at radius 2 is 1.89 bits per heavy atom. The molecular formula is C12H10N2O2S2. The average molecular weight is 278 g/mol. The van der Waals surface area contributed by atoms with E-state index in [9.17, 15) is 4.79 Å². The topological polar surface area (TPSA) is 52.1 Å². The molecule has 0 N–H and O–H groups in total. The van der Waals surface area contributed by atoms with Crippen LogP contribution in [-0.2, 0) is 4.74 Å². The van der Waals surface area contributed by atoms with Crippen LogP contribution in [0, 0.1) is 0 Å². The molecule has 18 heavy (non-hydrogen) atoms. The second-order valence-corrected chi connectivity index (χ2v) is 5.36. The maximum atomic E-state index is 11.3. The van der Waals surface area contributed by atoms with E-state index in [1.54, 1.807) is 18.3 Å². The number of nitrogens with zero attached hydrogens (tertiary/aromatic N) is 2. The Hall–Kier alpha value is -1.53. The van der Waals surface area contributed by atoms with Crippen molar-refractivity contribution in [3.05, 3.63) is 48.3 Å². The lowest BCUT2D eigenvalue weighted by molar-refractivity contribution is 0.0593. The van der Waals surface area contributed by atoms with E-state index in [1.807, 2.05) is 24.3 Å². The smallest absolute Gasteiger partial charge is 0.356 e. The molecule has 6 heteroatoms. The minimum atomic E-state index is -0.430.